The van der Waals surface area contributed by atoms with Gasteiger partial charge in [0.05, 0.1) is 5.56 Å². The maximum atomic E-state index is 13.5. The Hall–Kier alpha value is -5.22. The molecule has 1 aromatic heterocycles. The van der Waals surface area contributed by atoms with Crippen LogP contribution in [-0.4, -0.2) is 89.2 Å². The van der Waals surface area contributed by atoms with Crippen molar-refractivity contribution in [1.82, 2.24) is 0 Å². The molecule has 1 saturated heterocycles. The molecular weight excluding hydrogens is 576 g/mol. The van der Waals surface area contributed by atoms with E-state index in [1.165, 1.54) is 24.3 Å². The van der Waals surface area contributed by atoms with E-state index in [4.69, 9.17) is 18.6 Å². The molecule has 15 nitrogen and oxygen atoms in total. The Morgan fingerprint density at radius 2 is 1.44 bits per heavy atom. The fraction of sp³-hybridized carbons (Fsp3) is 0.214. The Kier molecular flexibility index (Phi) is 7.64. The molecule has 9 N–H and O–H groups in total. The molecule has 2 heterocycles. The van der Waals surface area contributed by atoms with Gasteiger partial charge in [0.2, 0.25) is 17.5 Å². The van der Waals surface area contributed by atoms with E-state index in [-0.39, 0.29) is 28.2 Å². The predicted molar refractivity (Wildman–Crippen MR) is 142 cm³/mol. The van der Waals surface area contributed by atoms with Crippen molar-refractivity contribution in [3.8, 4) is 51.6 Å². The number of carbonyl (C=O) groups is 1. The largest absolute Gasteiger partial charge is 0.508 e. The van der Waals surface area contributed by atoms with Gasteiger partial charge in [0.15, 0.2) is 23.0 Å². The molecule has 3 unspecified atom stereocenters. The van der Waals surface area contributed by atoms with Gasteiger partial charge in [-0.1, -0.05) is 0 Å². The lowest BCUT2D eigenvalue weighted by molar-refractivity contribution is -0.277. The molecule has 0 saturated carbocycles. The second-order valence-corrected chi connectivity index (χ2v) is 9.57. The van der Waals surface area contributed by atoms with E-state index >= 15 is 0 Å². The van der Waals surface area contributed by atoms with Crippen molar-refractivity contribution >= 4 is 16.9 Å². The third-order valence-corrected chi connectivity index (χ3v) is 6.63. The summed E-state index contributed by atoms with van der Waals surface area (Å²) in [6.45, 7) is -0.761. The average molecular weight is 600 g/mol. The van der Waals surface area contributed by atoms with Gasteiger partial charge in [-0.3, -0.25) is 4.79 Å². The van der Waals surface area contributed by atoms with E-state index in [2.05, 4.69) is 0 Å². The van der Waals surface area contributed by atoms with Crippen molar-refractivity contribution in [1.29, 1.82) is 0 Å². The molecule has 1 aliphatic rings. The van der Waals surface area contributed by atoms with Gasteiger partial charge in [-0.05, 0) is 36.4 Å². The number of esters is 1. The van der Waals surface area contributed by atoms with Gasteiger partial charge in [-0.25, -0.2) is 4.79 Å². The smallest absolute Gasteiger partial charge is 0.338 e. The zero-order valence-electron chi connectivity index (χ0n) is 21.7. The molecule has 43 heavy (non-hydrogen) atoms. The van der Waals surface area contributed by atoms with Crippen molar-refractivity contribution in [3.05, 3.63) is 64.3 Å². The summed E-state index contributed by atoms with van der Waals surface area (Å²) in [5, 5.41) is 89.8. The van der Waals surface area contributed by atoms with Crippen LogP contribution in [0.4, 0.5) is 0 Å². The minimum Gasteiger partial charge on any atom is -0.508 e. The number of fused-ring (bicyclic) bond motifs is 1. The van der Waals surface area contributed by atoms with Crippen LogP contribution in [0.5, 0.6) is 40.2 Å². The van der Waals surface area contributed by atoms with Gasteiger partial charge in [-0.2, -0.15) is 0 Å². The number of rotatable bonds is 6. The summed E-state index contributed by atoms with van der Waals surface area (Å²) >= 11 is 0. The first-order valence-electron chi connectivity index (χ1n) is 12.5. The Balaban J connectivity index is 1.47. The SMILES string of the molecule is O=C(OCC1O[C@@H](Oc2c(-c3ccc(O)cc3)oc3cc(O)cc(O)c3c2=O)C(O)C(O)[C@@H]1O)c1cc(O)c(O)c(O)c1. The molecule has 0 spiro atoms. The lowest BCUT2D eigenvalue weighted by Crippen LogP contribution is -2.60. The molecule has 0 amide bonds. The Morgan fingerprint density at radius 1 is 0.791 bits per heavy atom. The lowest BCUT2D eigenvalue weighted by Gasteiger charge is -2.39. The minimum atomic E-state index is -1.97. The second kappa shape index (κ2) is 11.2. The van der Waals surface area contributed by atoms with Crippen LogP contribution in [0.1, 0.15) is 10.4 Å². The van der Waals surface area contributed by atoms with E-state index in [1.54, 1.807) is 0 Å². The standard InChI is InChI=1S/C28H24O15/c29-12-3-1-10(2-4-12)25-26(22(36)19-14(31)7-13(30)8-17(19)41-25)43-28-24(38)23(37)21(35)18(42-28)9-40-27(39)11-5-15(32)20(34)16(33)6-11/h1-8,18,21,23-24,28-35,37-38H,9H2/t18?,21-,23?,24?,28+/m1/s1. The van der Waals surface area contributed by atoms with Crippen molar-refractivity contribution in [2.45, 2.75) is 30.7 Å². The monoisotopic (exact) mass is 600 g/mol. The third-order valence-electron chi connectivity index (χ3n) is 6.63. The highest BCUT2D eigenvalue weighted by Crippen LogP contribution is 2.38. The Morgan fingerprint density at radius 3 is 2.09 bits per heavy atom. The first-order valence-corrected chi connectivity index (χ1v) is 12.5. The number of phenols is 6. The van der Waals surface area contributed by atoms with Gasteiger partial charge in [-0.15, -0.1) is 0 Å². The topological polar surface area (TPSA) is 257 Å². The number of aromatic hydroxyl groups is 6. The molecular formula is C28H24O15. The second-order valence-electron chi connectivity index (χ2n) is 9.57. The van der Waals surface area contributed by atoms with Gasteiger partial charge < -0.3 is 64.6 Å². The van der Waals surface area contributed by atoms with Crippen LogP contribution in [0.15, 0.2) is 57.7 Å². The first kappa shape index (κ1) is 29.3. The fourth-order valence-electron chi connectivity index (χ4n) is 4.41. The highest BCUT2D eigenvalue weighted by molar-refractivity contribution is 5.91. The van der Waals surface area contributed by atoms with Crippen LogP contribution in [-0.2, 0) is 9.47 Å². The normalized spacial score (nSPS) is 21.9. The zero-order chi connectivity index (χ0) is 31.2. The number of hydrogen-bond acceptors (Lipinski definition) is 15. The number of ether oxygens (including phenoxy) is 3. The summed E-state index contributed by atoms with van der Waals surface area (Å²) in [4.78, 5) is 26.0. The molecule has 1 fully saturated rings. The first-order chi connectivity index (χ1) is 20.3. The maximum Gasteiger partial charge on any atom is 0.338 e. The van der Waals surface area contributed by atoms with E-state index in [1.807, 2.05) is 0 Å². The lowest BCUT2D eigenvalue weighted by atomic mass is 9.99. The molecule has 1 aliphatic heterocycles. The number of aliphatic hydroxyl groups excluding tert-OH is 3. The fourth-order valence-corrected chi connectivity index (χ4v) is 4.41. The van der Waals surface area contributed by atoms with Gasteiger partial charge in [0, 0.05) is 17.7 Å². The van der Waals surface area contributed by atoms with E-state index in [0.29, 0.717) is 0 Å². The Bertz CT molecular complexity index is 1720. The summed E-state index contributed by atoms with van der Waals surface area (Å²) in [5.74, 6) is -5.74. The molecule has 0 radical (unpaired) electrons. The van der Waals surface area contributed by atoms with Crippen molar-refractivity contribution in [2.75, 3.05) is 6.61 Å². The number of benzene rings is 3. The molecule has 0 bridgehead atoms. The number of carbonyl (C=O) groups excluding carboxylic acids is 1. The van der Waals surface area contributed by atoms with Crippen molar-refractivity contribution < 1.29 is 69.4 Å². The van der Waals surface area contributed by atoms with Crippen molar-refractivity contribution in [2.24, 2.45) is 0 Å². The van der Waals surface area contributed by atoms with Crippen molar-refractivity contribution in [3.63, 3.8) is 0 Å². The zero-order valence-corrected chi connectivity index (χ0v) is 21.7. The Labute approximate surface area is 239 Å². The molecule has 15 heteroatoms. The van der Waals surface area contributed by atoms with Crippen LogP contribution in [0.2, 0.25) is 0 Å². The van der Waals surface area contributed by atoms with Crippen LogP contribution in [0.3, 0.4) is 0 Å². The molecule has 4 aromatic rings. The minimum absolute atomic E-state index is 0.122. The molecule has 5 rings (SSSR count). The molecule has 0 aliphatic carbocycles. The van der Waals surface area contributed by atoms with E-state index < -0.39 is 88.6 Å². The summed E-state index contributed by atoms with van der Waals surface area (Å²) in [6.07, 6.45) is -9.19. The molecule has 5 atom stereocenters. The van der Waals surface area contributed by atoms with Crippen LogP contribution in [0, 0.1) is 0 Å². The van der Waals surface area contributed by atoms with Crippen LogP contribution in [0.25, 0.3) is 22.3 Å². The number of aliphatic hydroxyl groups is 3. The summed E-state index contributed by atoms with van der Waals surface area (Å²) < 4.78 is 22.0. The number of hydrogen-bond donors (Lipinski definition) is 9. The van der Waals surface area contributed by atoms with Gasteiger partial charge in [0.25, 0.3) is 0 Å². The van der Waals surface area contributed by atoms with Gasteiger partial charge in [0.1, 0.15) is 59.2 Å². The highest BCUT2D eigenvalue weighted by atomic mass is 16.7. The summed E-state index contributed by atoms with van der Waals surface area (Å²) in [6, 6.07) is 8.81. The van der Waals surface area contributed by atoms with Crippen LogP contribution < -0.4 is 10.2 Å². The predicted octanol–water partition coefficient (Wildman–Crippen LogP) is 0.737. The molecule has 3 aromatic carbocycles. The van der Waals surface area contributed by atoms with Gasteiger partial charge >= 0.3 is 5.97 Å². The quantitative estimate of drug-likeness (QED) is 0.109. The van der Waals surface area contributed by atoms with E-state index in [0.717, 1.165) is 24.3 Å². The number of phenolic OH excluding ortho intramolecular Hbond substituents is 6. The highest BCUT2D eigenvalue weighted by Gasteiger charge is 2.46. The van der Waals surface area contributed by atoms with E-state index in [9.17, 15) is 55.5 Å². The summed E-state index contributed by atoms with van der Waals surface area (Å²) in [7, 11) is 0. The maximum absolute atomic E-state index is 13.5. The summed E-state index contributed by atoms with van der Waals surface area (Å²) in [5.41, 5.74) is -1.43. The average Bonchev–Trinajstić information content (AvgIpc) is 2.96. The third kappa shape index (κ3) is 5.52. The molecule has 226 valence electrons. The van der Waals surface area contributed by atoms with Crippen LogP contribution >= 0.6 is 0 Å².